The van der Waals surface area contributed by atoms with Crippen molar-refractivity contribution in [3.05, 3.63) is 35.9 Å². The quantitative estimate of drug-likeness (QED) is 0.718. The van der Waals surface area contributed by atoms with Crippen molar-refractivity contribution in [1.82, 2.24) is 4.90 Å². The molecule has 112 valence electrons. The van der Waals surface area contributed by atoms with E-state index < -0.39 is 15.7 Å². The van der Waals surface area contributed by atoms with Crippen LogP contribution >= 0.6 is 0 Å². The number of hydrogen-bond donors (Lipinski definition) is 1. The van der Waals surface area contributed by atoms with E-state index in [9.17, 15) is 13.2 Å². The van der Waals surface area contributed by atoms with Crippen molar-refractivity contribution in [2.75, 3.05) is 31.6 Å². The van der Waals surface area contributed by atoms with E-state index in [0.29, 0.717) is 6.54 Å². The molecule has 1 aromatic rings. The number of carbonyl (C=O) groups excluding carboxylic acids is 1. The second-order valence-electron chi connectivity index (χ2n) is 4.91. The first-order chi connectivity index (χ1) is 9.39. The summed E-state index contributed by atoms with van der Waals surface area (Å²) in [5.41, 5.74) is 6.19. The molecule has 0 saturated heterocycles. The summed E-state index contributed by atoms with van der Waals surface area (Å²) in [6.45, 7) is 1.27. The van der Waals surface area contributed by atoms with E-state index in [1.54, 1.807) is 0 Å². The molecule has 0 heterocycles. The fraction of sp³-hybridized carbons (Fsp3) is 0.500. The Labute approximate surface area is 120 Å². The number of nitrogens with two attached hydrogens (primary N) is 1. The number of rotatable bonds is 9. The molecule has 0 radical (unpaired) electrons. The van der Waals surface area contributed by atoms with Crippen LogP contribution in [0, 0.1) is 0 Å². The first kappa shape index (κ1) is 16.7. The SMILES string of the molecule is CN(CCc1ccccc1)CCS(=O)(=O)CCC(N)=O. The Hall–Kier alpha value is -1.40. The Balaban J connectivity index is 2.29. The Morgan fingerprint density at radius 2 is 1.80 bits per heavy atom. The topological polar surface area (TPSA) is 80.5 Å². The molecule has 0 spiro atoms. The van der Waals surface area contributed by atoms with Crippen LogP contribution in [0.1, 0.15) is 12.0 Å². The lowest BCUT2D eigenvalue weighted by atomic mass is 10.1. The molecule has 6 heteroatoms. The lowest BCUT2D eigenvalue weighted by Crippen LogP contribution is -2.29. The first-order valence-corrected chi connectivity index (χ1v) is 8.42. The van der Waals surface area contributed by atoms with E-state index in [2.05, 4.69) is 12.1 Å². The minimum atomic E-state index is -3.20. The minimum Gasteiger partial charge on any atom is -0.370 e. The van der Waals surface area contributed by atoms with Crippen LogP contribution in [0.15, 0.2) is 30.3 Å². The smallest absolute Gasteiger partial charge is 0.218 e. The molecular formula is C14H22N2O3S. The molecular weight excluding hydrogens is 276 g/mol. The molecule has 0 fully saturated rings. The molecule has 0 unspecified atom stereocenters. The van der Waals surface area contributed by atoms with Crippen molar-refractivity contribution in [3.8, 4) is 0 Å². The second kappa shape index (κ2) is 8.01. The molecule has 1 amide bonds. The van der Waals surface area contributed by atoms with Gasteiger partial charge in [-0.05, 0) is 19.0 Å². The van der Waals surface area contributed by atoms with Crippen LogP contribution in [0.5, 0.6) is 0 Å². The number of amides is 1. The molecule has 20 heavy (non-hydrogen) atoms. The van der Waals surface area contributed by atoms with Gasteiger partial charge < -0.3 is 10.6 Å². The van der Waals surface area contributed by atoms with Crippen molar-refractivity contribution in [1.29, 1.82) is 0 Å². The fourth-order valence-electron chi connectivity index (χ4n) is 1.73. The highest BCUT2D eigenvalue weighted by Crippen LogP contribution is 2.01. The molecule has 2 N–H and O–H groups in total. The summed E-state index contributed by atoms with van der Waals surface area (Å²) in [6.07, 6.45) is 0.786. The van der Waals surface area contributed by atoms with Crippen LogP contribution in [0.2, 0.25) is 0 Å². The maximum Gasteiger partial charge on any atom is 0.218 e. The molecule has 0 aliphatic heterocycles. The van der Waals surface area contributed by atoms with Gasteiger partial charge in [0.2, 0.25) is 5.91 Å². The monoisotopic (exact) mass is 298 g/mol. The highest BCUT2D eigenvalue weighted by atomic mass is 32.2. The van der Waals surface area contributed by atoms with Crippen LogP contribution in [0.3, 0.4) is 0 Å². The van der Waals surface area contributed by atoms with Crippen LogP contribution in [-0.2, 0) is 21.1 Å². The summed E-state index contributed by atoms with van der Waals surface area (Å²) < 4.78 is 23.4. The van der Waals surface area contributed by atoms with Crippen LogP contribution in [0.4, 0.5) is 0 Å². The molecule has 1 rings (SSSR count). The maximum absolute atomic E-state index is 11.7. The number of nitrogens with zero attached hydrogens (tertiary/aromatic N) is 1. The third-order valence-electron chi connectivity index (χ3n) is 3.07. The number of carbonyl (C=O) groups is 1. The number of hydrogen-bond acceptors (Lipinski definition) is 4. The molecule has 0 aliphatic rings. The molecule has 0 aromatic heterocycles. The average Bonchev–Trinajstić information content (AvgIpc) is 2.42. The predicted octanol–water partition coefficient (Wildman–Crippen LogP) is 0.451. The summed E-state index contributed by atoms with van der Waals surface area (Å²) in [5, 5.41) is 0. The van der Waals surface area contributed by atoms with Gasteiger partial charge in [-0.1, -0.05) is 30.3 Å². The van der Waals surface area contributed by atoms with Gasteiger partial charge in [0.1, 0.15) is 0 Å². The van der Waals surface area contributed by atoms with Crippen LogP contribution in [-0.4, -0.2) is 50.9 Å². The molecule has 0 aliphatic carbocycles. The molecule has 0 bridgehead atoms. The summed E-state index contributed by atoms with van der Waals surface area (Å²) in [7, 11) is -1.30. The third kappa shape index (κ3) is 7.25. The first-order valence-electron chi connectivity index (χ1n) is 6.60. The van der Waals surface area contributed by atoms with E-state index in [4.69, 9.17) is 5.73 Å². The van der Waals surface area contributed by atoms with Crippen LogP contribution in [0.25, 0.3) is 0 Å². The van der Waals surface area contributed by atoms with Crippen molar-refractivity contribution in [2.24, 2.45) is 5.73 Å². The van der Waals surface area contributed by atoms with Gasteiger partial charge in [0.15, 0.2) is 9.84 Å². The number of likely N-dealkylation sites (N-methyl/N-ethyl adjacent to an activating group) is 1. The third-order valence-corrected chi connectivity index (χ3v) is 4.70. The zero-order valence-corrected chi connectivity index (χ0v) is 12.6. The Bertz CT molecular complexity index is 514. The normalized spacial score (nSPS) is 11.7. The fourth-order valence-corrected chi connectivity index (χ4v) is 3.04. The van der Waals surface area contributed by atoms with E-state index >= 15 is 0 Å². The van der Waals surface area contributed by atoms with E-state index in [0.717, 1.165) is 13.0 Å². The largest absolute Gasteiger partial charge is 0.370 e. The average molecular weight is 298 g/mol. The van der Waals surface area contributed by atoms with Gasteiger partial charge in [-0.25, -0.2) is 8.42 Å². The van der Waals surface area contributed by atoms with Gasteiger partial charge in [0, 0.05) is 19.5 Å². The molecule has 0 atom stereocenters. The van der Waals surface area contributed by atoms with Gasteiger partial charge in [-0.3, -0.25) is 4.79 Å². The minimum absolute atomic E-state index is 0.0611. The molecule has 0 saturated carbocycles. The highest BCUT2D eigenvalue weighted by Gasteiger charge is 2.13. The molecule has 1 aromatic carbocycles. The van der Waals surface area contributed by atoms with Crippen molar-refractivity contribution < 1.29 is 13.2 Å². The van der Waals surface area contributed by atoms with Gasteiger partial charge in [0.05, 0.1) is 11.5 Å². The van der Waals surface area contributed by atoms with Crippen molar-refractivity contribution in [2.45, 2.75) is 12.8 Å². The van der Waals surface area contributed by atoms with Crippen molar-refractivity contribution >= 4 is 15.7 Å². The van der Waals surface area contributed by atoms with E-state index in [-0.39, 0.29) is 17.9 Å². The van der Waals surface area contributed by atoms with E-state index in [1.807, 2.05) is 30.1 Å². The lowest BCUT2D eigenvalue weighted by Gasteiger charge is -2.16. The highest BCUT2D eigenvalue weighted by molar-refractivity contribution is 7.91. The zero-order chi connectivity index (χ0) is 15.0. The summed E-state index contributed by atoms with van der Waals surface area (Å²) >= 11 is 0. The number of benzene rings is 1. The van der Waals surface area contributed by atoms with E-state index in [1.165, 1.54) is 5.56 Å². The summed E-state index contributed by atoms with van der Waals surface area (Å²) in [5.74, 6) is -0.675. The molecule has 5 nitrogen and oxygen atoms in total. The summed E-state index contributed by atoms with van der Waals surface area (Å²) in [6, 6.07) is 10.1. The van der Waals surface area contributed by atoms with Crippen molar-refractivity contribution in [3.63, 3.8) is 0 Å². The van der Waals surface area contributed by atoms with Gasteiger partial charge >= 0.3 is 0 Å². The van der Waals surface area contributed by atoms with Crippen LogP contribution < -0.4 is 5.73 Å². The maximum atomic E-state index is 11.7. The summed E-state index contributed by atoms with van der Waals surface area (Å²) in [4.78, 5) is 12.6. The Morgan fingerprint density at radius 3 is 2.40 bits per heavy atom. The predicted molar refractivity (Wildman–Crippen MR) is 80.1 cm³/mol. The lowest BCUT2D eigenvalue weighted by molar-refractivity contribution is -0.117. The number of primary amides is 1. The number of sulfone groups is 1. The zero-order valence-electron chi connectivity index (χ0n) is 11.8. The van der Waals surface area contributed by atoms with Gasteiger partial charge in [0.25, 0.3) is 0 Å². The second-order valence-corrected chi connectivity index (χ2v) is 7.21. The van der Waals surface area contributed by atoms with Gasteiger partial charge in [-0.2, -0.15) is 0 Å². The van der Waals surface area contributed by atoms with Gasteiger partial charge in [-0.15, -0.1) is 0 Å². The Morgan fingerprint density at radius 1 is 1.15 bits per heavy atom. The standard InChI is InChI=1S/C14H22N2O3S/c1-16(9-7-13-5-3-2-4-6-13)10-12-20(18,19)11-8-14(15)17/h2-6H,7-12H2,1H3,(H2,15,17). The Kier molecular flexibility index (Phi) is 6.67.